The van der Waals surface area contributed by atoms with Gasteiger partial charge in [0.05, 0.1) is 26.4 Å². The lowest BCUT2D eigenvalue weighted by atomic mass is 9.69. The van der Waals surface area contributed by atoms with E-state index in [4.69, 9.17) is 9.47 Å². The number of likely N-dealkylation sites (tertiary alicyclic amines) is 2. The van der Waals surface area contributed by atoms with Crippen molar-refractivity contribution in [3.05, 3.63) is 77.9 Å². The quantitative estimate of drug-likeness (QED) is 0.135. The Hall–Kier alpha value is -4.00. The zero-order chi connectivity index (χ0) is 38.7. The molecule has 8 nitrogen and oxygen atoms in total. The Kier molecular flexibility index (Phi) is 12.3. The van der Waals surface area contributed by atoms with Crippen LogP contribution in [0.2, 0.25) is 0 Å². The van der Waals surface area contributed by atoms with Gasteiger partial charge in [0.15, 0.2) is 0 Å². The number of benzene rings is 3. The number of carboxylic acids is 1. The summed E-state index contributed by atoms with van der Waals surface area (Å²) in [6, 6.07) is 15.6. The third kappa shape index (κ3) is 8.71. The van der Waals surface area contributed by atoms with Gasteiger partial charge in [-0.15, -0.1) is 0 Å². The van der Waals surface area contributed by atoms with E-state index in [1.165, 1.54) is 11.9 Å². The molecule has 0 aromatic heterocycles. The summed E-state index contributed by atoms with van der Waals surface area (Å²) in [6.07, 6.45) is 1.11. The zero-order valence-electron chi connectivity index (χ0n) is 31.3. The maximum absolute atomic E-state index is 16.0. The first-order valence-corrected chi connectivity index (χ1v) is 18.1. The van der Waals surface area contributed by atoms with Crippen molar-refractivity contribution in [2.75, 3.05) is 53.9 Å². The number of hydrogen-bond acceptors (Lipinski definition) is 6. The van der Waals surface area contributed by atoms with Crippen molar-refractivity contribution in [2.24, 2.45) is 5.41 Å². The maximum Gasteiger partial charge on any atom is 0.326 e. The third-order valence-corrected chi connectivity index (χ3v) is 11.0. The van der Waals surface area contributed by atoms with E-state index in [2.05, 4.69) is 18.5 Å². The second kappa shape index (κ2) is 16.2. The lowest BCUT2D eigenvalue weighted by molar-refractivity contribution is -0.178. The minimum atomic E-state index is -3.71. The second-order valence-corrected chi connectivity index (χ2v) is 14.9. The average molecular weight is 742 g/mol. The molecule has 2 heterocycles. The van der Waals surface area contributed by atoms with Crippen molar-refractivity contribution < 1.29 is 41.7 Å². The van der Waals surface area contributed by atoms with Crippen molar-refractivity contribution in [1.82, 2.24) is 14.7 Å². The van der Waals surface area contributed by atoms with Crippen LogP contribution >= 0.6 is 0 Å². The molecule has 0 bridgehead atoms. The molecular weight excluding hydrogens is 690 g/mol. The van der Waals surface area contributed by atoms with Crippen LogP contribution in [0.4, 0.5) is 17.6 Å². The Balaban J connectivity index is 1.44. The van der Waals surface area contributed by atoms with Gasteiger partial charge in [0.1, 0.15) is 17.2 Å². The van der Waals surface area contributed by atoms with Crippen molar-refractivity contribution in [3.63, 3.8) is 0 Å². The van der Waals surface area contributed by atoms with Gasteiger partial charge >= 0.3 is 5.97 Å². The SMILES string of the molecule is C=C(C)C(F)(F)C1(C(=O)N(C)[C@@H](Cc2cccc3c(-c4cc(COC5CCN(C)CC5)ccc4OC)cccc23)C(=O)O)CCN(CC(C)(F)F)CC1. The first-order valence-electron chi connectivity index (χ1n) is 18.1. The molecule has 288 valence electrons. The molecule has 53 heavy (non-hydrogen) atoms. The molecule has 0 saturated carbocycles. The van der Waals surface area contributed by atoms with Crippen molar-refractivity contribution in [1.29, 1.82) is 0 Å². The molecule has 1 N–H and O–H groups in total. The standard InChI is InChI=1S/C41H51F4N3O5/c1-27(2)41(44,45)40(17-21-48(22-18-40)26-39(3,42)43)38(51)47(5)35(37(49)50)24-29-9-7-11-32-31(29)10-8-12-33(32)34-23-28(13-14-36(34)52-6)25-53-30-15-19-46(4)20-16-30/h7-14,23,30,35H,1,15-22,24-26H2,2-6H3,(H,49,50)/t35-/m0/s1. The highest BCUT2D eigenvalue weighted by atomic mass is 19.3. The van der Waals surface area contributed by atoms with Crippen LogP contribution in [0.15, 0.2) is 66.7 Å². The predicted molar refractivity (Wildman–Crippen MR) is 198 cm³/mol. The number of ether oxygens (including phenoxy) is 2. The van der Waals surface area contributed by atoms with Crippen LogP contribution in [-0.4, -0.2) is 110 Å². The van der Waals surface area contributed by atoms with Gasteiger partial charge in [-0.3, -0.25) is 9.69 Å². The highest BCUT2D eigenvalue weighted by Gasteiger charge is 2.61. The van der Waals surface area contributed by atoms with Crippen LogP contribution < -0.4 is 4.74 Å². The number of methoxy groups -OCH3 is 1. The first kappa shape index (κ1) is 40.2. The summed E-state index contributed by atoms with van der Waals surface area (Å²) in [4.78, 5) is 31.6. The molecule has 2 saturated heterocycles. The molecule has 1 amide bonds. The number of likely N-dealkylation sites (N-methyl/N-ethyl adjacent to an activating group) is 1. The van der Waals surface area contributed by atoms with E-state index in [-0.39, 0.29) is 25.6 Å². The number of fused-ring (bicyclic) bond motifs is 1. The largest absolute Gasteiger partial charge is 0.496 e. The monoisotopic (exact) mass is 741 g/mol. The van der Waals surface area contributed by atoms with Gasteiger partial charge in [0.2, 0.25) is 5.91 Å². The van der Waals surface area contributed by atoms with Gasteiger partial charge in [-0.25, -0.2) is 22.4 Å². The van der Waals surface area contributed by atoms with Crippen LogP contribution in [0, 0.1) is 5.41 Å². The topological polar surface area (TPSA) is 82.5 Å². The van der Waals surface area contributed by atoms with E-state index in [1.807, 2.05) is 42.5 Å². The van der Waals surface area contributed by atoms with E-state index in [1.54, 1.807) is 19.2 Å². The van der Waals surface area contributed by atoms with Crippen LogP contribution in [0.1, 0.15) is 50.7 Å². The molecule has 3 aromatic rings. The summed E-state index contributed by atoms with van der Waals surface area (Å²) in [5, 5.41) is 12.0. The summed E-state index contributed by atoms with van der Waals surface area (Å²) in [6.45, 7) is 6.77. The smallest absolute Gasteiger partial charge is 0.326 e. The lowest BCUT2D eigenvalue weighted by Gasteiger charge is -2.47. The van der Waals surface area contributed by atoms with E-state index < -0.39 is 60.1 Å². The van der Waals surface area contributed by atoms with Crippen LogP contribution in [0.5, 0.6) is 5.75 Å². The second-order valence-electron chi connectivity index (χ2n) is 14.9. The number of carboxylic acid groups (broad SMARTS) is 1. The molecule has 2 aliphatic rings. The maximum atomic E-state index is 16.0. The molecule has 0 radical (unpaired) electrons. The number of carbonyl (C=O) groups excluding carboxylic acids is 1. The highest BCUT2D eigenvalue weighted by molar-refractivity contribution is 6.00. The molecular formula is C41H51F4N3O5. The normalized spacial score (nSPS) is 18.1. The summed E-state index contributed by atoms with van der Waals surface area (Å²) in [5.74, 6) is -8.51. The molecule has 2 aliphatic heterocycles. The molecule has 0 unspecified atom stereocenters. The minimum Gasteiger partial charge on any atom is -0.496 e. The fourth-order valence-electron chi connectivity index (χ4n) is 7.84. The fraction of sp³-hybridized carbons (Fsp3) is 0.512. The third-order valence-electron chi connectivity index (χ3n) is 11.0. The number of halogens is 4. The molecule has 2 fully saturated rings. The number of piperidine rings is 2. The van der Waals surface area contributed by atoms with Crippen molar-refractivity contribution >= 4 is 22.6 Å². The zero-order valence-corrected chi connectivity index (χ0v) is 31.3. The van der Waals surface area contributed by atoms with Gasteiger partial charge in [-0.1, -0.05) is 49.0 Å². The summed E-state index contributed by atoms with van der Waals surface area (Å²) < 4.78 is 71.7. The number of hydrogen-bond donors (Lipinski definition) is 1. The number of carbonyl (C=O) groups is 2. The van der Waals surface area contributed by atoms with Crippen molar-refractivity contribution in [3.8, 4) is 16.9 Å². The van der Waals surface area contributed by atoms with E-state index in [9.17, 15) is 23.5 Å². The van der Waals surface area contributed by atoms with Crippen molar-refractivity contribution in [2.45, 2.75) is 76.5 Å². The van der Waals surface area contributed by atoms with E-state index in [0.717, 1.165) is 72.1 Å². The van der Waals surface area contributed by atoms with Gasteiger partial charge < -0.3 is 24.4 Å². The number of allylic oxidation sites excluding steroid dienone is 1. The molecule has 3 aromatic carbocycles. The highest BCUT2D eigenvalue weighted by Crippen LogP contribution is 2.50. The minimum absolute atomic E-state index is 0.164. The number of amides is 1. The van der Waals surface area contributed by atoms with Gasteiger partial charge in [-0.2, -0.15) is 0 Å². The van der Waals surface area contributed by atoms with E-state index in [0.29, 0.717) is 17.9 Å². The number of alkyl halides is 4. The molecule has 5 rings (SSSR count). The average Bonchev–Trinajstić information content (AvgIpc) is 3.12. The summed E-state index contributed by atoms with van der Waals surface area (Å²) in [7, 11) is 4.93. The molecule has 12 heteroatoms. The molecule has 0 aliphatic carbocycles. The summed E-state index contributed by atoms with van der Waals surface area (Å²) >= 11 is 0. The number of rotatable bonds is 14. The number of nitrogens with zero attached hydrogens (tertiary/aromatic N) is 3. The van der Waals surface area contributed by atoms with Crippen LogP contribution in [0.3, 0.4) is 0 Å². The Morgan fingerprint density at radius 3 is 2.25 bits per heavy atom. The van der Waals surface area contributed by atoms with E-state index >= 15 is 8.78 Å². The van der Waals surface area contributed by atoms with Gasteiger partial charge in [-0.05, 0) is 97.9 Å². The molecule has 1 atom stereocenters. The first-order chi connectivity index (χ1) is 25.0. The molecule has 0 spiro atoms. The van der Waals surface area contributed by atoms with Crippen LogP contribution in [0.25, 0.3) is 21.9 Å². The Labute approximate surface area is 309 Å². The Bertz CT molecular complexity index is 1800. The number of aliphatic carboxylic acids is 1. The Morgan fingerprint density at radius 2 is 1.64 bits per heavy atom. The summed E-state index contributed by atoms with van der Waals surface area (Å²) in [5.41, 5.74) is 0.383. The van der Waals surface area contributed by atoms with Gasteiger partial charge in [0, 0.05) is 39.0 Å². The fourth-order valence-corrected chi connectivity index (χ4v) is 7.84. The predicted octanol–water partition coefficient (Wildman–Crippen LogP) is 7.53. The van der Waals surface area contributed by atoms with Gasteiger partial charge in [0.25, 0.3) is 11.8 Å². The lowest BCUT2D eigenvalue weighted by Crippen LogP contribution is -2.61. The van der Waals surface area contributed by atoms with Crippen LogP contribution in [-0.2, 0) is 27.4 Å². The Morgan fingerprint density at radius 1 is 1.00 bits per heavy atom.